The Morgan fingerprint density at radius 2 is 0.980 bits per heavy atom. The maximum absolute atomic E-state index is 14.5. The van der Waals surface area contributed by atoms with E-state index in [1.54, 1.807) is 34.0 Å². The molecule has 7 heterocycles. The Morgan fingerprint density at radius 1 is 0.549 bits per heavy atom. The van der Waals surface area contributed by atoms with Crippen molar-refractivity contribution in [1.29, 1.82) is 0 Å². The fourth-order valence-corrected chi connectivity index (χ4v) is 11.7. The molecule has 0 saturated heterocycles. The van der Waals surface area contributed by atoms with Gasteiger partial charge in [0.05, 0.1) is 80.5 Å². The Kier molecular flexibility index (Phi) is 10.1. The van der Waals surface area contributed by atoms with Crippen LogP contribution in [0.5, 0.6) is 0 Å². The van der Waals surface area contributed by atoms with Gasteiger partial charge in [-0.1, -0.05) is 26.7 Å². The highest BCUT2D eigenvalue weighted by Crippen LogP contribution is 2.46. The van der Waals surface area contributed by atoms with Crippen LogP contribution in [-0.4, -0.2) is 61.7 Å². The fourth-order valence-electron chi connectivity index (χ4n) is 7.82. The SMILES string of the molecule is CCCc1c(CCOCCOCC)sc2cc3c4sc5c6c(ccc(c(=O)n3c12)c46)c(=O)n1c5cc2sc(CCOCCOCC)c(CCC)c21. The van der Waals surface area contributed by atoms with E-state index >= 15 is 0 Å². The van der Waals surface area contributed by atoms with Gasteiger partial charge in [0.25, 0.3) is 11.1 Å². The number of ether oxygens (including phenoxy) is 4. The van der Waals surface area contributed by atoms with Crippen LogP contribution >= 0.6 is 34.0 Å². The minimum absolute atomic E-state index is 0.00851. The number of aryl methyl sites for hydroxylation is 2. The van der Waals surface area contributed by atoms with Crippen LogP contribution in [0.3, 0.4) is 0 Å². The molecule has 268 valence electrons. The van der Waals surface area contributed by atoms with Crippen molar-refractivity contribution in [2.45, 2.75) is 66.2 Å². The van der Waals surface area contributed by atoms with E-state index in [1.165, 1.54) is 20.9 Å². The van der Waals surface area contributed by atoms with Crippen LogP contribution in [0, 0.1) is 0 Å². The zero-order chi connectivity index (χ0) is 35.2. The van der Waals surface area contributed by atoms with Crippen LogP contribution in [0.2, 0.25) is 0 Å². The minimum atomic E-state index is -0.00851. The summed E-state index contributed by atoms with van der Waals surface area (Å²) in [6.07, 6.45) is 5.42. The summed E-state index contributed by atoms with van der Waals surface area (Å²) in [5.74, 6) is 0. The molecule has 8 nitrogen and oxygen atoms in total. The molecule has 0 saturated carbocycles. The fraction of sp³-hybridized carbons (Fsp3) is 0.450. The first-order valence-corrected chi connectivity index (χ1v) is 20.8. The normalized spacial score (nSPS) is 12.7. The van der Waals surface area contributed by atoms with Gasteiger partial charge in [-0.3, -0.25) is 18.4 Å². The molecule has 0 aliphatic rings. The molecule has 0 bridgehead atoms. The second kappa shape index (κ2) is 14.7. The molecule has 8 aromatic rings. The lowest BCUT2D eigenvalue weighted by Gasteiger charge is -2.08. The molecule has 0 N–H and O–H groups in total. The quantitative estimate of drug-likeness (QED) is 0.0646. The van der Waals surface area contributed by atoms with Crippen molar-refractivity contribution in [1.82, 2.24) is 8.80 Å². The zero-order valence-corrected chi connectivity index (χ0v) is 32.2. The second-order valence-corrected chi connectivity index (χ2v) is 16.4. The number of rotatable bonds is 18. The monoisotopic (exact) mass is 744 g/mol. The standard InChI is InChI=1S/C40H44N2O6S3/c1-5-9-23-29(13-15-47-19-17-45-7-3)49-31-21-27-37-33-25(39(43)41(27)35(23)31)11-12-26-34(33)38(51-37)28-22-32-36(42(28)40(26)44)24(10-6-2)30(50-32)14-16-48-20-18-46-8-4/h11-12,21-22H,5-10,13-20H2,1-4H3. The molecule has 8 rings (SSSR count). The van der Waals surface area contributed by atoms with Crippen molar-refractivity contribution < 1.29 is 18.9 Å². The van der Waals surface area contributed by atoms with Gasteiger partial charge >= 0.3 is 0 Å². The van der Waals surface area contributed by atoms with Gasteiger partial charge in [0.15, 0.2) is 0 Å². The number of nitrogens with zero attached hydrogens (tertiary/aromatic N) is 2. The molecule has 0 amide bonds. The molecule has 0 aliphatic carbocycles. The zero-order valence-electron chi connectivity index (χ0n) is 29.8. The molecule has 0 unspecified atom stereocenters. The van der Waals surface area contributed by atoms with Gasteiger partial charge in [0, 0.05) is 57.4 Å². The van der Waals surface area contributed by atoms with Gasteiger partial charge in [-0.15, -0.1) is 34.0 Å². The first-order valence-electron chi connectivity index (χ1n) is 18.3. The summed E-state index contributed by atoms with van der Waals surface area (Å²) in [5, 5.41) is 3.22. The maximum atomic E-state index is 14.5. The van der Waals surface area contributed by atoms with Gasteiger partial charge in [0.2, 0.25) is 0 Å². The van der Waals surface area contributed by atoms with Gasteiger partial charge in [-0.25, -0.2) is 0 Å². The molecule has 0 atom stereocenters. The number of thiophene rings is 3. The van der Waals surface area contributed by atoms with E-state index in [1.807, 2.05) is 34.8 Å². The summed E-state index contributed by atoms with van der Waals surface area (Å²) in [7, 11) is 0. The van der Waals surface area contributed by atoms with Crippen LogP contribution in [0.1, 0.15) is 61.4 Å². The lowest BCUT2D eigenvalue weighted by molar-refractivity contribution is 0.0542. The largest absolute Gasteiger partial charge is 0.379 e. The van der Waals surface area contributed by atoms with Crippen molar-refractivity contribution in [2.24, 2.45) is 0 Å². The molecule has 0 fully saturated rings. The first kappa shape index (κ1) is 34.9. The maximum Gasteiger partial charge on any atom is 0.263 e. The third-order valence-corrected chi connectivity index (χ3v) is 13.6. The minimum Gasteiger partial charge on any atom is -0.379 e. The molecule has 51 heavy (non-hydrogen) atoms. The predicted molar refractivity (Wildman–Crippen MR) is 214 cm³/mol. The van der Waals surface area contributed by atoms with Gasteiger partial charge < -0.3 is 18.9 Å². The molecule has 0 aliphatic heterocycles. The average Bonchev–Trinajstić information content (AvgIpc) is 3.93. The van der Waals surface area contributed by atoms with E-state index in [2.05, 4.69) is 26.0 Å². The molecular weight excluding hydrogens is 701 g/mol. The highest BCUT2D eigenvalue weighted by Gasteiger charge is 2.27. The number of hydrogen-bond acceptors (Lipinski definition) is 9. The topological polar surface area (TPSA) is 79.9 Å². The van der Waals surface area contributed by atoms with E-state index in [9.17, 15) is 9.59 Å². The lowest BCUT2D eigenvalue weighted by atomic mass is 10.0. The number of pyridine rings is 2. The Hall–Kier alpha value is -3.16. The molecule has 11 heteroatoms. The van der Waals surface area contributed by atoms with Gasteiger partial charge in [-0.2, -0.15) is 0 Å². The van der Waals surface area contributed by atoms with Crippen LogP contribution in [0.4, 0.5) is 0 Å². The highest BCUT2D eigenvalue weighted by molar-refractivity contribution is 7.28. The van der Waals surface area contributed by atoms with Gasteiger partial charge in [-0.05, 0) is 62.1 Å². The lowest BCUT2D eigenvalue weighted by Crippen LogP contribution is -2.15. The van der Waals surface area contributed by atoms with Crippen LogP contribution in [0.15, 0.2) is 33.9 Å². The number of hydrogen-bond donors (Lipinski definition) is 0. The number of fused-ring (bicyclic) bond motifs is 8. The van der Waals surface area contributed by atoms with Crippen molar-refractivity contribution in [3.63, 3.8) is 0 Å². The van der Waals surface area contributed by atoms with Crippen molar-refractivity contribution in [2.75, 3.05) is 52.9 Å². The van der Waals surface area contributed by atoms with E-state index in [0.29, 0.717) is 63.6 Å². The van der Waals surface area contributed by atoms with Gasteiger partial charge in [0.1, 0.15) is 0 Å². The third-order valence-electron chi connectivity index (χ3n) is 9.94. The number of aromatic nitrogens is 2. The number of benzene rings is 1. The molecule has 7 aromatic heterocycles. The van der Waals surface area contributed by atoms with E-state index in [4.69, 9.17) is 18.9 Å². The Labute approximate surface area is 307 Å². The van der Waals surface area contributed by atoms with E-state index in [-0.39, 0.29) is 11.1 Å². The Bertz CT molecular complexity index is 2430. The Balaban J connectivity index is 1.27. The summed E-state index contributed by atoms with van der Waals surface area (Å²) >= 11 is 5.29. The molecular formula is C40H44N2O6S3. The van der Waals surface area contributed by atoms with Crippen molar-refractivity contribution in [3.05, 3.63) is 65.9 Å². The van der Waals surface area contributed by atoms with E-state index < -0.39 is 0 Å². The van der Waals surface area contributed by atoms with Crippen molar-refractivity contribution in [3.8, 4) is 0 Å². The van der Waals surface area contributed by atoms with Crippen molar-refractivity contribution >= 4 is 96.4 Å². The predicted octanol–water partition coefficient (Wildman–Crippen LogP) is 8.83. The summed E-state index contributed by atoms with van der Waals surface area (Å²) < 4.78 is 31.0. The third kappa shape index (κ3) is 5.76. The van der Waals surface area contributed by atoms with E-state index in [0.717, 1.165) is 90.2 Å². The molecule has 1 aromatic carbocycles. The summed E-state index contributed by atoms with van der Waals surface area (Å²) in [6, 6.07) is 8.20. The summed E-state index contributed by atoms with van der Waals surface area (Å²) in [6.45, 7) is 13.4. The smallest absolute Gasteiger partial charge is 0.263 e. The Morgan fingerprint density at radius 3 is 1.39 bits per heavy atom. The van der Waals surface area contributed by atoms with Crippen LogP contribution in [0.25, 0.3) is 62.4 Å². The first-order chi connectivity index (χ1) is 25.0. The van der Waals surface area contributed by atoms with Crippen LogP contribution < -0.4 is 11.1 Å². The molecule has 0 spiro atoms. The molecule has 0 radical (unpaired) electrons. The second-order valence-electron chi connectivity index (χ2n) is 13.1. The average molecular weight is 745 g/mol. The summed E-state index contributed by atoms with van der Waals surface area (Å²) in [5.41, 5.74) is 6.46. The summed E-state index contributed by atoms with van der Waals surface area (Å²) in [4.78, 5) is 31.6. The van der Waals surface area contributed by atoms with Crippen LogP contribution in [-0.2, 0) is 44.6 Å². The highest BCUT2D eigenvalue weighted by atomic mass is 32.1.